The van der Waals surface area contributed by atoms with Crippen molar-refractivity contribution < 1.29 is 28.7 Å². The molecule has 0 radical (unpaired) electrons. The molecule has 0 unspecified atom stereocenters. The zero-order chi connectivity index (χ0) is 49.9. The van der Waals surface area contributed by atoms with Crippen LogP contribution < -0.4 is 15.5 Å². The van der Waals surface area contributed by atoms with E-state index in [-0.39, 0.29) is 53.2 Å². The molecular weight excluding hydrogens is 871 g/mol. The number of anilines is 1. The molecule has 4 amide bonds. The predicted molar refractivity (Wildman–Crippen MR) is 269 cm³/mol. The van der Waals surface area contributed by atoms with Gasteiger partial charge in [-0.05, 0) is 137 Å². The number of amides is 4. The van der Waals surface area contributed by atoms with E-state index in [0.717, 1.165) is 89.1 Å². The third-order valence-corrected chi connectivity index (χ3v) is 15.1. The van der Waals surface area contributed by atoms with Crippen molar-refractivity contribution in [3.8, 4) is 0 Å². The lowest BCUT2D eigenvalue weighted by molar-refractivity contribution is -0.141. The van der Waals surface area contributed by atoms with Crippen LogP contribution in [-0.4, -0.2) is 91.1 Å². The second-order valence-corrected chi connectivity index (χ2v) is 22.5. The zero-order valence-electron chi connectivity index (χ0n) is 42.8. The summed E-state index contributed by atoms with van der Waals surface area (Å²) in [5.74, 6) is 0.869. The van der Waals surface area contributed by atoms with Crippen LogP contribution in [0.3, 0.4) is 0 Å². The maximum atomic E-state index is 14.3. The molecular formula is C54H73N9O6. The molecule has 3 aliphatic heterocycles. The molecule has 69 heavy (non-hydrogen) atoms. The maximum absolute atomic E-state index is 14.3. The van der Waals surface area contributed by atoms with Crippen LogP contribution in [0.1, 0.15) is 167 Å². The molecule has 5 aromatic rings. The number of hydrogen-bond donors (Lipinski definition) is 4. The Morgan fingerprint density at radius 3 is 1.39 bits per heavy atom. The van der Waals surface area contributed by atoms with Gasteiger partial charge in [-0.1, -0.05) is 72.7 Å². The minimum absolute atomic E-state index is 0.00169. The second kappa shape index (κ2) is 18.7. The number of fused-ring (bicyclic) bond motifs is 2. The molecule has 3 aliphatic rings. The fraction of sp³-hybridized carbons (Fsp3) is 0.556. The lowest BCUT2D eigenvalue weighted by atomic mass is 9.87. The Labute approximate surface area is 406 Å². The Hall–Kier alpha value is -6.12. The summed E-state index contributed by atoms with van der Waals surface area (Å²) in [6.07, 6.45) is 3.61. The molecule has 2 aromatic heterocycles. The molecule has 0 aliphatic carbocycles. The van der Waals surface area contributed by atoms with Gasteiger partial charge in [-0.3, -0.25) is 9.59 Å². The number of ether oxygens (including phenoxy) is 2. The fourth-order valence-electron chi connectivity index (χ4n) is 11.2. The third-order valence-electron chi connectivity index (χ3n) is 15.1. The van der Waals surface area contributed by atoms with Gasteiger partial charge in [0.25, 0.3) is 0 Å². The summed E-state index contributed by atoms with van der Waals surface area (Å²) in [7, 11) is 2.61. The smallest absolute Gasteiger partial charge is 0.407 e. The summed E-state index contributed by atoms with van der Waals surface area (Å²) in [6, 6.07) is 20.0. The maximum Gasteiger partial charge on any atom is 0.407 e. The lowest BCUT2D eigenvalue weighted by Crippen LogP contribution is -2.55. The highest BCUT2D eigenvalue weighted by atomic mass is 16.5. The number of nitrogens with zero attached hydrogens (tertiary/aromatic N) is 5. The third kappa shape index (κ3) is 9.49. The van der Waals surface area contributed by atoms with Crippen molar-refractivity contribution in [2.45, 2.75) is 167 Å². The van der Waals surface area contributed by atoms with Gasteiger partial charge >= 0.3 is 12.2 Å². The number of hydrogen-bond acceptors (Lipinski definition) is 9. The van der Waals surface area contributed by atoms with Crippen LogP contribution in [-0.2, 0) is 24.5 Å². The van der Waals surface area contributed by atoms with Gasteiger partial charge in [-0.2, -0.15) is 0 Å². The van der Waals surface area contributed by atoms with E-state index in [0.29, 0.717) is 0 Å². The SMILES string of the molecule is COC(=O)N[C@H](C(=O)N1[C@H](c2nc3cc([C@H]4CC[C@H](c5ccc6[nH]c([C@@H]7CCC(C)(C)N7C(=O)[C@@H](NC(=O)OC)C(C)C)nc6c5)N4c4ccc(C(C)(C)C)cc4)ccc3[nH]2)CCC1(C)C)C(C)C. The standard InChI is InChI=1S/C54H73N9O6/c1-30(2)44(59-50(66)68-12)48(64)62-42(24-26-53(62,8)9)46-55-36-20-14-32(28-38(36)57-46)40-22-23-41(61(40)35-18-16-34(17-19-35)52(5,6)7)33-15-21-37-39(29-33)58-47(56-37)43-25-27-54(10,11)63(43)49(65)45(31(3)4)60-51(67)69-13/h14-21,28-31,40-45H,22-27H2,1-13H3,(H,55,57)(H,56,58)(H,59,66)(H,60,67)/t40-,41-,42+,43+,44+,45+/m1/s1. The number of benzene rings is 3. The molecule has 4 N–H and O–H groups in total. The Balaban J connectivity index is 1.12. The normalized spacial score (nSPS) is 22.2. The number of carbonyl (C=O) groups excluding carboxylic acids is 4. The van der Waals surface area contributed by atoms with E-state index in [4.69, 9.17) is 19.4 Å². The zero-order valence-corrected chi connectivity index (χ0v) is 42.8. The highest BCUT2D eigenvalue weighted by molar-refractivity contribution is 5.88. The molecule has 6 atom stereocenters. The number of likely N-dealkylation sites (tertiary alicyclic amines) is 2. The number of aromatic nitrogens is 4. The molecule has 8 rings (SSSR count). The number of H-pyrrole nitrogens is 2. The molecule has 3 saturated heterocycles. The first-order valence-electron chi connectivity index (χ1n) is 24.8. The Morgan fingerprint density at radius 2 is 1.03 bits per heavy atom. The van der Waals surface area contributed by atoms with Crippen LogP contribution in [0, 0.1) is 11.8 Å². The summed E-state index contributed by atoms with van der Waals surface area (Å²) in [6.45, 7) is 22.7. The van der Waals surface area contributed by atoms with Crippen LogP contribution >= 0.6 is 0 Å². The van der Waals surface area contributed by atoms with E-state index < -0.39 is 35.3 Å². The largest absolute Gasteiger partial charge is 0.453 e. The molecule has 15 heteroatoms. The van der Waals surface area contributed by atoms with Crippen LogP contribution in [0.2, 0.25) is 0 Å². The Bertz CT molecular complexity index is 2560. The fourth-order valence-corrected chi connectivity index (χ4v) is 11.2. The van der Waals surface area contributed by atoms with Crippen molar-refractivity contribution >= 4 is 51.8 Å². The summed E-state index contributed by atoms with van der Waals surface area (Å²) in [5, 5.41) is 5.57. The molecule has 3 fully saturated rings. The number of imidazole rings is 2. The first-order chi connectivity index (χ1) is 32.5. The average molecular weight is 944 g/mol. The Morgan fingerprint density at radius 1 is 0.623 bits per heavy atom. The van der Waals surface area contributed by atoms with Crippen molar-refractivity contribution in [2.24, 2.45) is 11.8 Å². The Kier molecular flexibility index (Phi) is 13.3. The molecule has 15 nitrogen and oxygen atoms in total. The van der Waals surface area contributed by atoms with E-state index in [1.165, 1.54) is 19.8 Å². The van der Waals surface area contributed by atoms with Crippen molar-refractivity contribution in [3.63, 3.8) is 0 Å². The van der Waals surface area contributed by atoms with Crippen LogP contribution in [0.4, 0.5) is 15.3 Å². The van der Waals surface area contributed by atoms with Gasteiger partial charge in [0.05, 0.1) is 60.5 Å². The van der Waals surface area contributed by atoms with Crippen molar-refractivity contribution in [2.75, 3.05) is 19.1 Å². The van der Waals surface area contributed by atoms with E-state index in [9.17, 15) is 19.2 Å². The molecule has 0 bridgehead atoms. The van der Waals surface area contributed by atoms with Crippen molar-refractivity contribution in [1.29, 1.82) is 0 Å². The number of alkyl carbamates (subject to hydrolysis) is 2. The van der Waals surface area contributed by atoms with Crippen LogP contribution in [0.15, 0.2) is 60.7 Å². The first-order valence-corrected chi connectivity index (χ1v) is 24.8. The quantitative estimate of drug-likeness (QED) is 0.100. The topological polar surface area (TPSA) is 178 Å². The highest BCUT2D eigenvalue weighted by Gasteiger charge is 2.49. The van der Waals surface area contributed by atoms with E-state index in [2.05, 4.69) is 135 Å². The lowest BCUT2D eigenvalue weighted by Gasteiger charge is -2.38. The van der Waals surface area contributed by atoms with Gasteiger partial charge in [0.2, 0.25) is 11.8 Å². The van der Waals surface area contributed by atoms with Gasteiger partial charge in [0, 0.05) is 16.8 Å². The number of aromatic amines is 2. The van der Waals surface area contributed by atoms with E-state index in [1.54, 1.807) is 0 Å². The first kappa shape index (κ1) is 49.3. The van der Waals surface area contributed by atoms with Gasteiger partial charge in [0.1, 0.15) is 23.7 Å². The number of rotatable bonds is 11. The summed E-state index contributed by atoms with van der Waals surface area (Å²) in [5.41, 5.74) is 7.29. The number of carbonyl (C=O) groups is 4. The van der Waals surface area contributed by atoms with Gasteiger partial charge in [-0.15, -0.1) is 0 Å². The molecule has 0 saturated carbocycles. The number of methoxy groups -OCH3 is 2. The predicted octanol–water partition coefficient (Wildman–Crippen LogP) is 10.5. The minimum atomic E-state index is -0.746. The summed E-state index contributed by atoms with van der Waals surface area (Å²) >= 11 is 0. The van der Waals surface area contributed by atoms with Crippen LogP contribution in [0.5, 0.6) is 0 Å². The minimum Gasteiger partial charge on any atom is -0.453 e. The monoisotopic (exact) mass is 944 g/mol. The van der Waals surface area contributed by atoms with Crippen molar-refractivity contribution in [3.05, 3.63) is 89.0 Å². The summed E-state index contributed by atoms with van der Waals surface area (Å²) < 4.78 is 9.78. The average Bonchev–Trinajstić information content (AvgIpc) is 4.14. The van der Waals surface area contributed by atoms with E-state index >= 15 is 0 Å². The number of nitrogens with one attached hydrogen (secondary N) is 4. The molecule has 370 valence electrons. The van der Waals surface area contributed by atoms with Crippen molar-refractivity contribution in [1.82, 2.24) is 40.4 Å². The summed E-state index contributed by atoms with van der Waals surface area (Å²) in [4.78, 5) is 77.3. The van der Waals surface area contributed by atoms with Gasteiger partial charge < -0.3 is 44.8 Å². The highest BCUT2D eigenvalue weighted by Crippen LogP contribution is 2.49. The van der Waals surface area contributed by atoms with Gasteiger partial charge in [-0.25, -0.2) is 19.6 Å². The molecule has 5 heterocycles. The van der Waals surface area contributed by atoms with Gasteiger partial charge in [0.15, 0.2) is 0 Å². The van der Waals surface area contributed by atoms with Crippen LogP contribution in [0.25, 0.3) is 22.1 Å². The molecule has 3 aromatic carbocycles. The second-order valence-electron chi connectivity index (χ2n) is 22.5. The molecule has 0 spiro atoms. The van der Waals surface area contributed by atoms with E-state index in [1.807, 2.05) is 37.5 Å².